The van der Waals surface area contributed by atoms with Crippen molar-refractivity contribution in [3.05, 3.63) is 197 Å². The number of ether oxygens (including phenoxy) is 2. The largest absolute Gasteiger partial charge is 0.462 e. The molecule has 6 aromatic rings. The predicted octanol–water partition coefficient (Wildman–Crippen LogP) is 12.3. The van der Waals surface area contributed by atoms with Crippen molar-refractivity contribution in [3.63, 3.8) is 0 Å². The van der Waals surface area contributed by atoms with Crippen LogP contribution in [0.25, 0.3) is 27.1 Å². The molecule has 0 spiro atoms. The number of Topliss-reactive ketones (excluding diaryl/α,β-unsaturated/α-hetero) is 1. The lowest BCUT2D eigenvalue weighted by atomic mass is 9.93. The van der Waals surface area contributed by atoms with Crippen LogP contribution in [0.4, 0.5) is 17.1 Å². The molecule has 0 aromatic heterocycles. The maximum absolute atomic E-state index is 13.9. The summed E-state index contributed by atoms with van der Waals surface area (Å²) in [6.07, 6.45) is 7.89. The molecule has 246 valence electrons. The number of carbonyl (C=O) groups is 1. The van der Waals surface area contributed by atoms with Crippen LogP contribution in [0.5, 0.6) is 5.75 Å². The van der Waals surface area contributed by atoms with E-state index in [4.69, 9.17) is 9.47 Å². The van der Waals surface area contributed by atoms with Gasteiger partial charge in [0.1, 0.15) is 23.0 Å². The molecule has 6 aromatic carbocycles. The van der Waals surface area contributed by atoms with Gasteiger partial charge in [-0.05, 0) is 107 Å². The molecular formula is C47H35NO3. The first-order valence-corrected chi connectivity index (χ1v) is 17.4. The molecule has 0 N–H and O–H groups in total. The Labute approximate surface area is 297 Å². The highest BCUT2D eigenvalue weighted by Gasteiger charge is 2.34. The smallest absolute Gasteiger partial charge is 0.190 e. The standard InChI is InChI=1S/C47H35NO3/c1-29-22-38(28-39-24-35(23-30(2)50-39)46-31(3)42-25-33-13-7-8-14-34(33)26-43(42)47(46)49)51-45-27-37(20-21-40(29)45)48(36-16-5-4-6-17-36)44-19-11-15-32-12-9-10-18-41(32)44/h4-28,31H,1-3H3/b38-28+,46-35+. The summed E-state index contributed by atoms with van der Waals surface area (Å²) < 4.78 is 12.8. The van der Waals surface area contributed by atoms with Crippen molar-refractivity contribution in [2.75, 3.05) is 4.90 Å². The number of para-hydroxylation sites is 1. The third kappa shape index (κ3) is 5.37. The fraction of sp³-hybridized carbons (Fsp3) is 0.0851. The number of anilines is 3. The molecule has 4 nitrogen and oxygen atoms in total. The van der Waals surface area contributed by atoms with E-state index < -0.39 is 0 Å². The summed E-state index contributed by atoms with van der Waals surface area (Å²) in [6, 6.07) is 44.1. The molecule has 0 radical (unpaired) electrons. The molecule has 0 saturated carbocycles. The lowest BCUT2D eigenvalue weighted by Gasteiger charge is -2.28. The van der Waals surface area contributed by atoms with Gasteiger partial charge in [0.15, 0.2) is 5.78 Å². The van der Waals surface area contributed by atoms with E-state index in [-0.39, 0.29) is 11.7 Å². The Morgan fingerprint density at radius 3 is 2.20 bits per heavy atom. The Morgan fingerprint density at radius 2 is 1.37 bits per heavy atom. The maximum Gasteiger partial charge on any atom is 0.190 e. The molecule has 1 atom stereocenters. The Balaban J connectivity index is 1.09. The number of rotatable bonds is 4. The Kier molecular flexibility index (Phi) is 7.32. The number of carbonyl (C=O) groups excluding carboxylic acids is 1. The number of ketones is 1. The van der Waals surface area contributed by atoms with Crippen LogP contribution in [-0.4, -0.2) is 5.78 Å². The minimum Gasteiger partial charge on any atom is -0.462 e. The van der Waals surface area contributed by atoms with Crippen LogP contribution in [0.1, 0.15) is 48.2 Å². The minimum absolute atomic E-state index is 0.0351. The third-order valence-electron chi connectivity index (χ3n) is 10.1. The van der Waals surface area contributed by atoms with Gasteiger partial charge >= 0.3 is 0 Å². The van der Waals surface area contributed by atoms with Gasteiger partial charge in [0.05, 0.1) is 5.69 Å². The highest BCUT2D eigenvalue weighted by Crippen LogP contribution is 2.45. The topological polar surface area (TPSA) is 38.8 Å². The zero-order valence-electron chi connectivity index (χ0n) is 28.7. The Bertz CT molecular complexity index is 2580. The van der Waals surface area contributed by atoms with Gasteiger partial charge in [-0.15, -0.1) is 0 Å². The molecule has 51 heavy (non-hydrogen) atoms. The summed E-state index contributed by atoms with van der Waals surface area (Å²) in [5, 5.41) is 4.57. The maximum atomic E-state index is 13.9. The van der Waals surface area contributed by atoms with Crippen LogP contribution in [0.3, 0.4) is 0 Å². The summed E-state index contributed by atoms with van der Waals surface area (Å²) in [7, 11) is 0. The van der Waals surface area contributed by atoms with Crippen molar-refractivity contribution < 1.29 is 14.3 Å². The van der Waals surface area contributed by atoms with Crippen LogP contribution in [-0.2, 0) is 4.74 Å². The third-order valence-corrected chi connectivity index (χ3v) is 10.1. The van der Waals surface area contributed by atoms with Crippen molar-refractivity contribution in [1.82, 2.24) is 0 Å². The second-order valence-corrected chi connectivity index (χ2v) is 13.4. The lowest BCUT2D eigenvalue weighted by molar-refractivity contribution is 0.103. The first-order chi connectivity index (χ1) is 24.9. The Morgan fingerprint density at radius 1 is 0.647 bits per heavy atom. The zero-order chi connectivity index (χ0) is 34.6. The molecule has 0 saturated heterocycles. The quantitative estimate of drug-likeness (QED) is 0.176. The highest BCUT2D eigenvalue weighted by atomic mass is 16.5. The van der Waals surface area contributed by atoms with Crippen molar-refractivity contribution >= 4 is 50.0 Å². The number of hydrogen-bond acceptors (Lipinski definition) is 4. The van der Waals surface area contributed by atoms with E-state index in [1.165, 1.54) is 10.8 Å². The highest BCUT2D eigenvalue weighted by molar-refractivity contribution is 6.17. The molecule has 0 fully saturated rings. The average molecular weight is 662 g/mol. The summed E-state index contributed by atoms with van der Waals surface area (Å²) in [5.41, 5.74) is 8.78. The predicted molar refractivity (Wildman–Crippen MR) is 208 cm³/mol. The van der Waals surface area contributed by atoms with E-state index in [1.54, 1.807) is 0 Å². The van der Waals surface area contributed by atoms with Gasteiger partial charge < -0.3 is 14.4 Å². The lowest BCUT2D eigenvalue weighted by Crippen LogP contribution is -2.12. The molecule has 1 aliphatic carbocycles. The summed E-state index contributed by atoms with van der Waals surface area (Å²) in [5.74, 6) is 2.82. The second-order valence-electron chi connectivity index (χ2n) is 13.4. The minimum atomic E-state index is -0.0351. The fourth-order valence-electron chi connectivity index (χ4n) is 7.70. The number of allylic oxidation sites excluding steroid dienone is 8. The summed E-state index contributed by atoms with van der Waals surface area (Å²) in [4.78, 5) is 16.2. The van der Waals surface area contributed by atoms with Crippen LogP contribution in [0.2, 0.25) is 0 Å². The van der Waals surface area contributed by atoms with E-state index in [0.29, 0.717) is 11.5 Å². The van der Waals surface area contributed by atoms with Crippen molar-refractivity contribution in [3.8, 4) is 5.75 Å². The number of benzene rings is 6. The van der Waals surface area contributed by atoms with Crippen LogP contribution >= 0.6 is 0 Å². The van der Waals surface area contributed by atoms with Gasteiger partial charge in [-0.25, -0.2) is 0 Å². The molecular weight excluding hydrogens is 627 g/mol. The fourth-order valence-corrected chi connectivity index (χ4v) is 7.70. The van der Waals surface area contributed by atoms with E-state index in [9.17, 15) is 4.79 Å². The molecule has 1 unspecified atom stereocenters. The summed E-state index contributed by atoms with van der Waals surface area (Å²) >= 11 is 0. The van der Waals surface area contributed by atoms with Gasteiger partial charge in [0, 0.05) is 51.5 Å². The molecule has 0 bridgehead atoms. The number of fused-ring (bicyclic) bond motifs is 4. The normalized spacial score (nSPS) is 18.8. The Hall–Kier alpha value is -6.39. The molecule has 0 amide bonds. The first kappa shape index (κ1) is 30.7. The number of hydrogen-bond donors (Lipinski definition) is 0. The SMILES string of the molecule is CC1=C/C(=C2\C(=O)c3cc4ccccc4cc3C2C)C=C(/C=C2\C=C(C)c3ccc(N(c4ccccc4)c4cccc5ccccc45)cc3O2)O1. The molecule has 9 rings (SSSR count). The van der Waals surface area contributed by atoms with E-state index in [1.807, 2.05) is 55.5 Å². The monoisotopic (exact) mass is 661 g/mol. The van der Waals surface area contributed by atoms with Crippen LogP contribution in [0, 0.1) is 0 Å². The zero-order valence-corrected chi connectivity index (χ0v) is 28.7. The van der Waals surface area contributed by atoms with Gasteiger partial charge in [0.25, 0.3) is 0 Å². The molecule has 2 aliphatic heterocycles. The van der Waals surface area contributed by atoms with E-state index >= 15 is 0 Å². The second kappa shape index (κ2) is 12.2. The van der Waals surface area contributed by atoms with Gasteiger partial charge in [-0.1, -0.05) is 85.8 Å². The van der Waals surface area contributed by atoms with Crippen molar-refractivity contribution in [2.24, 2.45) is 0 Å². The van der Waals surface area contributed by atoms with Crippen LogP contribution < -0.4 is 9.64 Å². The first-order valence-electron chi connectivity index (χ1n) is 17.4. The summed E-state index contributed by atoms with van der Waals surface area (Å²) in [6.45, 7) is 6.14. The van der Waals surface area contributed by atoms with Crippen LogP contribution in [0.15, 0.2) is 180 Å². The van der Waals surface area contributed by atoms with E-state index in [2.05, 4.69) is 122 Å². The van der Waals surface area contributed by atoms with Gasteiger partial charge in [0.2, 0.25) is 0 Å². The molecule has 2 heterocycles. The molecule has 4 heteroatoms. The van der Waals surface area contributed by atoms with E-state index in [0.717, 1.165) is 72.8 Å². The van der Waals surface area contributed by atoms with Crippen molar-refractivity contribution in [1.29, 1.82) is 0 Å². The van der Waals surface area contributed by atoms with Gasteiger partial charge in [-0.3, -0.25) is 4.79 Å². The van der Waals surface area contributed by atoms with Gasteiger partial charge in [-0.2, -0.15) is 0 Å². The number of nitrogens with zero attached hydrogens (tertiary/aromatic N) is 1. The average Bonchev–Trinajstić information content (AvgIpc) is 3.38. The molecule has 3 aliphatic rings. The van der Waals surface area contributed by atoms with Crippen molar-refractivity contribution in [2.45, 2.75) is 26.7 Å².